The van der Waals surface area contributed by atoms with E-state index in [1.54, 1.807) is 4.90 Å². The summed E-state index contributed by atoms with van der Waals surface area (Å²) in [6.07, 6.45) is 0. The first-order chi connectivity index (χ1) is 10.7. The van der Waals surface area contributed by atoms with E-state index in [1.165, 1.54) is 0 Å². The smallest absolute Gasteiger partial charge is 0.265 e. The van der Waals surface area contributed by atoms with Gasteiger partial charge in [-0.15, -0.1) is 0 Å². The fourth-order valence-electron chi connectivity index (χ4n) is 2.61. The van der Waals surface area contributed by atoms with Crippen LogP contribution in [-0.4, -0.2) is 25.2 Å². The van der Waals surface area contributed by atoms with E-state index in [9.17, 15) is 4.79 Å². The van der Waals surface area contributed by atoms with Gasteiger partial charge in [-0.2, -0.15) is 0 Å². The summed E-state index contributed by atoms with van der Waals surface area (Å²) in [7, 11) is 0. The molecule has 1 unspecified atom stereocenters. The van der Waals surface area contributed by atoms with E-state index in [1.807, 2.05) is 62.4 Å². The van der Waals surface area contributed by atoms with Crippen LogP contribution in [0.3, 0.4) is 0 Å². The summed E-state index contributed by atoms with van der Waals surface area (Å²) in [6, 6.07) is 15.3. The molecule has 0 aromatic heterocycles. The molecular formula is C18H19NO3. The predicted molar refractivity (Wildman–Crippen MR) is 85.6 cm³/mol. The summed E-state index contributed by atoms with van der Waals surface area (Å²) in [5.41, 5.74) is 1.82. The number of carbonyl (C=O) groups is 1. The zero-order valence-electron chi connectivity index (χ0n) is 12.8. The largest absolute Gasteiger partial charge is 0.489 e. The van der Waals surface area contributed by atoms with Crippen LogP contribution in [0.25, 0.3) is 0 Å². The molecule has 0 aliphatic carbocycles. The van der Waals surface area contributed by atoms with Crippen molar-refractivity contribution in [2.24, 2.45) is 0 Å². The number of carbonyl (C=O) groups excluding carboxylic acids is 1. The van der Waals surface area contributed by atoms with Gasteiger partial charge >= 0.3 is 0 Å². The lowest BCUT2D eigenvalue weighted by atomic mass is 10.1. The number of rotatable bonds is 3. The number of fused-ring (bicyclic) bond motifs is 1. The summed E-state index contributed by atoms with van der Waals surface area (Å²) in [4.78, 5) is 14.4. The summed E-state index contributed by atoms with van der Waals surface area (Å²) in [6.45, 7) is 4.45. The number of para-hydroxylation sites is 3. The Bertz CT molecular complexity index is 684. The van der Waals surface area contributed by atoms with Crippen LogP contribution in [-0.2, 0) is 4.79 Å². The third-order valence-electron chi connectivity index (χ3n) is 3.76. The van der Waals surface area contributed by atoms with E-state index in [0.717, 1.165) is 22.7 Å². The summed E-state index contributed by atoms with van der Waals surface area (Å²) < 4.78 is 11.3. The number of hydrogen-bond donors (Lipinski definition) is 0. The van der Waals surface area contributed by atoms with E-state index >= 15 is 0 Å². The molecule has 1 aliphatic rings. The first-order valence-electron chi connectivity index (χ1n) is 7.39. The third-order valence-corrected chi connectivity index (χ3v) is 3.76. The molecule has 0 fully saturated rings. The number of hydrogen-bond acceptors (Lipinski definition) is 3. The van der Waals surface area contributed by atoms with Crippen molar-refractivity contribution in [2.75, 3.05) is 18.1 Å². The molecule has 1 amide bonds. The van der Waals surface area contributed by atoms with Gasteiger partial charge in [0.05, 0.1) is 11.7 Å². The fraction of sp³-hybridized carbons (Fsp3) is 0.278. The fourth-order valence-corrected chi connectivity index (χ4v) is 2.61. The number of ether oxygens (including phenoxy) is 2. The number of anilines is 1. The van der Waals surface area contributed by atoms with Gasteiger partial charge in [-0.3, -0.25) is 9.69 Å². The second kappa shape index (κ2) is 6.10. The van der Waals surface area contributed by atoms with Gasteiger partial charge < -0.3 is 9.47 Å². The highest BCUT2D eigenvalue weighted by Gasteiger charge is 2.29. The zero-order chi connectivity index (χ0) is 15.5. The highest BCUT2D eigenvalue weighted by molar-refractivity contribution is 5.96. The van der Waals surface area contributed by atoms with E-state index in [0.29, 0.717) is 6.61 Å². The monoisotopic (exact) mass is 297 g/mol. The molecule has 1 aliphatic heterocycles. The van der Waals surface area contributed by atoms with Crippen LogP contribution in [0, 0.1) is 6.92 Å². The molecule has 2 aromatic carbocycles. The quantitative estimate of drug-likeness (QED) is 0.873. The van der Waals surface area contributed by atoms with Crippen LogP contribution in [0.15, 0.2) is 48.5 Å². The van der Waals surface area contributed by atoms with E-state index < -0.39 is 0 Å². The predicted octanol–water partition coefficient (Wildman–Crippen LogP) is 3.19. The van der Waals surface area contributed by atoms with Crippen molar-refractivity contribution >= 4 is 11.6 Å². The second-order valence-corrected chi connectivity index (χ2v) is 5.45. The third kappa shape index (κ3) is 2.77. The SMILES string of the molecule is Cc1ccccc1OCC(=O)N1c2ccccc2OCC1C. The molecule has 1 heterocycles. The van der Waals surface area contributed by atoms with Gasteiger partial charge in [0, 0.05) is 0 Å². The lowest BCUT2D eigenvalue weighted by molar-refractivity contribution is -0.121. The van der Waals surface area contributed by atoms with Crippen molar-refractivity contribution in [1.82, 2.24) is 0 Å². The average Bonchev–Trinajstić information content (AvgIpc) is 2.53. The van der Waals surface area contributed by atoms with Crippen LogP contribution in [0.2, 0.25) is 0 Å². The van der Waals surface area contributed by atoms with Crippen LogP contribution in [0.4, 0.5) is 5.69 Å². The molecule has 0 saturated heterocycles. The van der Waals surface area contributed by atoms with Crippen molar-refractivity contribution in [3.8, 4) is 11.5 Å². The molecule has 4 nitrogen and oxygen atoms in total. The maximum Gasteiger partial charge on any atom is 0.265 e. The van der Waals surface area contributed by atoms with Gasteiger partial charge in [0.2, 0.25) is 0 Å². The van der Waals surface area contributed by atoms with Gasteiger partial charge in [0.25, 0.3) is 5.91 Å². The van der Waals surface area contributed by atoms with Crippen LogP contribution in [0.1, 0.15) is 12.5 Å². The molecule has 4 heteroatoms. The highest BCUT2D eigenvalue weighted by atomic mass is 16.5. The Labute approximate surface area is 130 Å². The minimum absolute atomic E-state index is 0.0112. The first-order valence-corrected chi connectivity index (χ1v) is 7.39. The standard InChI is InChI=1S/C18H19NO3/c1-13-7-3-5-9-16(13)22-12-18(20)19-14(2)11-21-17-10-6-4-8-15(17)19/h3-10,14H,11-12H2,1-2H3. The summed E-state index contributed by atoms with van der Waals surface area (Å²) >= 11 is 0. The molecule has 0 saturated carbocycles. The lowest BCUT2D eigenvalue weighted by Crippen LogP contribution is -2.47. The Morgan fingerprint density at radius 1 is 1.23 bits per heavy atom. The zero-order valence-corrected chi connectivity index (χ0v) is 12.8. The Morgan fingerprint density at radius 2 is 1.95 bits per heavy atom. The number of aryl methyl sites for hydroxylation is 1. The highest BCUT2D eigenvalue weighted by Crippen LogP contribution is 2.33. The molecular weight excluding hydrogens is 278 g/mol. The number of amides is 1. The van der Waals surface area contributed by atoms with Crippen LogP contribution in [0.5, 0.6) is 11.5 Å². The molecule has 3 rings (SSSR count). The number of benzene rings is 2. The Morgan fingerprint density at radius 3 is 2.77 bits per heavy atom. The van der Waals surface area contributed by atoms with Crippen LogP contribution >= 0.6 is 0 Å². The van der Waals surface area contributed by atoms with Crippen molar-refractivity contribution in [3.63, 3.8) is 0 Å². The maximum atomic E-state index is 12.6. The Hall–Kier alpha value is -2.49. The minimum Gasteiger partial charge on any atom is -0.489 e. The number of nitrogens with zero attached hydrogens (tertiary/aromatic N) is 1. The molecule has 0 spiro atoms. The second-order valence-electron chi connectivity index (χ2n) is 5.45. The summed E-state index contributed by atoms with van der Waals surface area (Å²) in [5.74, 6) is 1.42. The van der Waals surface area contributed by atoms with Gasteiger partial charge in [0.1, 0.15) is 18.1 Å². The average molecular weight is 297 g/mol. The maximum absolute atomic E-state index is 12.6. The van der Waals surface area contributed by atoms with Crippen molar-refractivity contribution < 1.29 is 14.3 Å². The Balaban J connectivity index is 1.76. The van der Waals surface area contributed by atoms with Crippen molar-refractivity contribution in [3.05, 3.63) is 54.1 Å². The van der Waals surface area contributed by atoms with Gasteiger partial charge in [-0.1, -0.05) is 30.3 Å². The molecule has 0 radical (unpaired) electrons. The normalized spacial score (nSPS) is 16.6. The molecule has 22 heavy (non-hydrogen) atoms. The van der Waals surface area contributed by atoms with Crippen LogP contribution < -0.4 is 14.4 Å². The van der Waals surface area contributed by atoms with E-state index in [4.69, 9.17) is 9.47 Å². The van der Waals surface area contributed by atoms with Crippen molar-refractivity contribution in [1.29, 1.82) is 0 Å². The molecule has 1 atom stereocenters. The summed E-state index contributed by atoms with van der Waals surface area (Å²) in [5, 5.41) is 0. The molecule has 0 N–H and O–H groups in total. The lowest BCUT2D eigenvalue weighted by Gasteiger charge is -2.35. The van der Waals surface area contributed by atoms with E-state index in [-0.39, 0.29) is 18.6 Å². The Kier molecular flexibility index (Phi) is 4.00. The molecule has 2 aromatic rings. The van der Waals surface area contributed by atoms with Gasteiger partial charge in [-0.25, -0.2) is 0 Å². The van der Waals surface area contributed by atoms with Gasteiger partial charge in [0.15, 0.2) is 6.61 Å². The topological polar surface area (TPSA) is 38.8 Å². The van der Waals surface area contributed by atoms with Gasteiger partial charge in [-0.05, 0) is 37.6 Å². The van der Waals surface area contributed by atoms with Crippen molar-refractivity contribution in [2.45, 2.75) is 19.9 Å². The molecule has 114 valence electrons. The van der Waals surface area contributed by atoms with E-state index in [2.05, 4.69) is 0 Å². The minimum atomic E-state index is -0.0634. The first kappa shape index (κ1) is 14.4. The molecule has 0 bridgehead atoms.